The molecule has 0 bridgehead atoms. The fraction of sp³-hybridized carbons (Fsp3) is 0.174. The number of benzene rings is 3. The van der Waals surface area contributed by atoms with Gasteiger partial charge in [0.05, 0.1) is 6.42 Å². The number of hydrogen-bond donors (Lipinski definition) is 2. The van der Waals surface area contributed by atoms with Crippen molar-refractivity contribution in [3.63, 3.8) is 0 Å². The summed E-state index contributed by atoms with van der Waals surface area (Å²) in [6.45, 7) is 1.49. The maximum Gasteiger partial charge on any atom is 0.231 e. The van der Waals surface area contributed by atoms with Crippen LogP contribution in [0.25, 0.3) is 0 Å². The van der Waals surface area contributed by atoms with Gasteiger partial charge in [-0.25, -0.2) is 0 Å². The van der Waals surface area contributed by atoms with E-state index in [2.05, 4.69) is 22.8 Å². The minimum atomic E-state index is -0.0114. The van der Waals surface area contributed by atoms with Gasteiger partial charge in [-0.3, -0.25) is 4.79 Å². The first-order valence-corrected chi connectivity index (χ1v) is 9.28. The molecule has 0 saturated heterocycles. The second-order valence-corrected chi connectivity index (χ2v) is 6.68. The van der Waals surface area contributed by atoms with Gasteiger partial charge in [0.25, 0.3) is 0 Å². The minimum Gasteiger partial charge on any atom is -0.454 e. The summed E-state index contributed by atoms with van der Waals surface area (Å²) in [5.74, 6) is 1.46. The van der Waals surface area contributed by atoms with Crippen molar-refractivity contribution in [2.45, 2.75) is 19.5 Å². The molecule has 5 nitrogen and oxygen atoms in total. The summed E-state index contributed by atoms with van der Waals surface area (Å²) in [6, 6.07) is 23.9. The van der Waals surface area contributed by atoms with Gasteiger partial charge >= 0.3 is 0 Å². The van der Waals surface area contributed by atoms with Gasteiger partial charge in [-0.15, -0.1) is 0 Å². The molecule has 0 atom stereocenters. The number of nitrogens with one attached hydrogen (secondary N) is 2. The van der Waals surface area contributed by atoms with Crippen molar-refractivity contribution >= 4 is 11.6 Å². The molecule has 142 valence electrons. The van der Waals surface area contributed by atoms with Crippen LogP contribution < -0.4 is 20.1 Å². The molecule has 0 fully saturated rings. The van der Waals surface area contributed by atoms with Crippen molar-refractivity contribution in [2.75, 3.05) is 12.1 Å². The van der Waals surface area contributed by atoms with Gasteiger partial charge in [0.1, 0.15) is 0 Å². The van der Waals surface area contributed by atoms with Crippen LogP contribution in [0.15, 0.2) is 72.8 Å². The van der Waals surface area contributed by atoms with Crippen molar-refractivity contribution < 1.29 is 14.3 Å². The van der Waals surface area contributed by atoms with Gasteiger partial charge in [-0.1, -0.05) is 48.5 Å². The predicted octanol–water partition coefficient (Wildman–Crippen LogP) is 3.89. The van der Waals surface area contributed by atoms with E-state index in [1.165, 1.54) is 5.56 Å². The number of rotatable bonds is 7. The molecule has 0 saturated carbocycles. The molecule has 1 heterocycles. The number of amides is 1. The van der Waals surface area contributed by atoms with E-state index in [1.54, 1.807) is 0 Å². The van der Waals surface area contributed by atoms with E-state index in [9.17, 15) is 4.79 Å². The van der Waals surface area contributed by atoms with Crippen molar-refractivity contribution in [1.82, 2.24) is 5.32 Å². The van der Waals surface area contributed by atoms with Gasteiger partial charge < -0.3 is 20.1 Å². The Morgan fingerprint density at radius 2 is 1.54 bits per heavy atom. The highest BCUT2D eigenvalue weighted by molar-refractivity contribution is 5.78. The summed E-state index contributed by atoms with van der Waals surface area (Å²) in [5.41, 5.74) is 4.23. The van der Waals surface area contributed by atoms with Crippen molar-refractivity contribution in [1.29, 1.82) is 0 Å². The molecule has 5 heteroatoms. The SMILES string of the molecule is O=C(Cc1ccc(NCc2ccccc2)cc1)NCc1ccc2c(c1)OCO2. The quantitative estimate of drug-likeness (QED) is 0.659. The largest absolute Gasteiger partial charge is 0.454 e. The summed E-state index contributed by atoms with van der Waals surface area (Å²) < 4.78 is 10.7. The van der Waals surface area contributed by atoms with Crippen LogP contribution in [-0.4, -0.2) is 12.7 Å². The third-order valence-electron chi connectivity index (χ3n) is 4.58. The summed E-state index contributed by atoms with van der Waals surface area (Å²) in [7, 11) is 0. The highest BCUT2D eigenvalue weighted by atomic mass is 16.7. The molecule has 0 aliphatic carbocycles. The monoisotopic (exact) mass is 374 g/mol. The van der Waals surface area contributed by atoms with Gasteiger partial charge in [0.2, 0.25) is 12.7 Å². The van der Waals surface area contributed by atoms with Crippen LogP contribution in [0, 0.1) is 0 Å². The molecule has 1 aliphatic heterocycles. The van der Waals surface area contributed by atoms with Crippen LogP contribution in [-0.2, 0) is 24.3 Å². The molecule has 0 spiro atoms. The number of fused-ring (bicyclic) bond motifs is 1. The second-order valence-electron chi connectivity index (χ2n) is 6.68. The average Bonchev–Trinajstić information content (AvgIpc) is 3.20. The van der Waals surface area contributed by atoms with E-state index in [4.69, 9.17) is 9.47 Å². The van der Waals surface area contributed by atoms with Crippen LogP contribution >= 0.6 is 0 Å². The smallest absolute Gasteiger partial charge is 0.231 e. The molecular formula is C23H22N2O3. The zero-order valence-electron chi connectivity index (χ0n) is 15.5. The maximum absolute atomic E-state index is 12.2. The standard InChI is InChI=1S/C23H22N2O3/c26-23(25-15-19-8-11-21-22(12-19)28-16-27-21)13-17-6-9-20(10-7-17)24-14-18-4-2-1-3-5-18/h1-12,24H,13-16H2,(H,25,26). The van der Waals surface area contributed by atoms with E-state index >= 15 is 0 Å². The zero-order valence-corrected chi connectivity index (χ0v) is 15.5. The lowest BCUT2D eigenvalue weighted by atomic mass is 10.1. The third-order valence-corrected chi connectivity index (χ3v) is 4.58. The topological polar surface area (TPSA) is 59.6 Å². The zero-order chi connectivity index (χ0) is 19.2. The molecule has 4 rings (SSSR count). The highest BCUT2D eigenvalue weighted by Crippen LogP contribution is 2.32. The lowest BCUT2D eigenvalue weighted by molar-refractivity contribution is -0.120. The van der Waals surface area contributed by atoms with Crippen molar-refractivity contribution in [2.24, 2.45) is 0 Å². The Labute approximate surface area is 164 Å². The first-order valence-electron chi connectivity index (χ1n) is 9.28. The summed E-state index contributed by atoms with van der Waals surface area (Å²) in [5, 5.41) is 6.33. The maximum atomic E-state index is 12.2. The number of carbonyl (C=O) groups excluding carboxylic acids is 1. The summed E-state index contributed by atoms with van der Waals surface area (Å²) in [6.07, 6.45) is 0.351. The van der Waals surface area contributed by atoms with Gasteiger partial charge in [-0.2, -0.15) is 0 Å². The Balaban J connectivity index is 1.25. The van der Waals surface area contributed by atoms with E-state index in [0.717, 1.165) is 34.9 Å². The fourth-order valence-electron chi connectivity index (χ4n) is 3.04. The van der Waals surface area contributed by atoms with E-state index in [0.29, 0.717) is 13.0 Å². The first kappa shape index (κ1) is 17.9. The summed E-state index contributed by atoms with van der Waals surface area (Å²) in [4.78, 5) is 12.2. The molecule has 3 aromatic rings. The Kier molecular flexibility index (Phi) is 5.43. The molecule has 2 N–H and O–H groups in total. The number of carbonyl (C=O) groups is 1. The highest BCUT2D eigenvalue weighted by Gasteiger charge is 2.13. The number of ether oxygens (including phenoxy) is 2. The normalized spacial score (nSPS) is 11.9. The Bertz CT molecular complexity index is 940. The number of anilines is 1. The Hall–Kier alpha value is -3.47. The number of hydrogen-bond acceptors (Lipinski definition) is 4. The molecule has 0 aromatic heterocycles. The lowest BCUT2D eigenvalue weighted by Gasteiger charge is -2.09. The Morgan fingerprint density at radius 1 is 0.786 bits per heavy atom. The third kappa shape index (κ3) is 4.62. The van der Waals surface area contributed by atoms with Gasteiger partial charge in [-0.05, 0) is 41.0 Å². The van der Waals surface area contributed by atoms with Crippen molar-refractivity contribution in [3.8, 4) is 11.5 Å². The first-order chi connectivity index (χ1) is 13.8. The fourth-order valence-corrected chi connectivity index (χ4v) is 3.04. The van der Waals surface area contributed by atoms with Gasteiger partial charge in [0.15, 0.2) is 11.5 Å². The van der Waals surface area contributed by atoms with E-state index in [1.807, 2.05) is 60.7 Å². The summed E-state index contributed by atoms with van der Waals surface area (Å²) >= 11 is 0. The van der Waals surface area contributed by atoms with Crippen LogP contribution in [0.3, 0.4) is 0 Å². The van der Waals surface area contributed by atoms with Crippen LogP contribution in [0.2, 0.25) is 0 Å². The van der Waals surface area contributed by atoms with Crippen LogP contribution in [0.5, 0.6) is 11.5 Å². The average molecular weight is 374 g/mol. The molecule has 0 radical (unpaired) electrons. The van der Waals surface area contributed by atoms with E-state index in [-0.39, 0.29) is 12.7 Å². The Morgan fingerprint density at radius 3 is 2.36 bits per heavy atom. The molecule has 1 amide bonds. The second kappa shape index (κ2) is 8.48. The molecule has 28 heavy (non-hydrogen) atoms. The molecule has 1 aliphatic rings. The molecule has 3 aromatic carbocycles. The minimum absolute atomic E-state index is 0.0114. The molecule has 0 unspecified atom stereocenters. The van der Waals surface area contributed by atoms with Crippen molar-refractivity contribution in [3.05, 3.63) is 89.5 Å². The predicted molar refractivity (Wildman–Crippen MR) is 108 cm³/mol. The van der Waals surface area contributed by atoms with Gasteiger partial charge in [0, 0.05) is 18.8 Å². The lowest BCUT2D eigenvalue weighted by Crippen LogP contribution is -2.24. The van der Waals surface area contributed by atoms with Crippen LogP contribution in [0.4, 0.5) is 5.69 Å². The van der Waals surface area contributed by atoms with E-state index < -0.39 is 0 Å². The van der Waals surface area contributed by atoms with Crippen LogP contribution in [0.1, 0.15) is 16.7 Å². The molecular weight excluding hydrogens is 352 g/mol.